The average Bonchev–Trinajstić information content (AvgIpc) is 3.39. The van der Waals surface area contributed by atoms with Crippen LogP contribution in [0.5, 0.6) is 0 Å². The van der Waals surface area contributed by atoms with Crippen LogP contribution in [0.25, 0.3) is 23.0 Å². The summed E-state index contributed by atoms with van der Waals surface area (Å²) in [6.07, 6.45) is 11.4. The standard InChI is InChI=1S/C19H19N5O2S/c25-17(21-11-6-13-4-2-1-3-5-13)19-22-15(12-27-19)18-23-16(24-26-18)14-7-9-20-10-8-14/h4,7-10,12H,1-3,5-6,11H2,(H,21,25). The third kappa shape index (κ3) is 4.28. The first-order chi connectivity index (χ1) is 13.3. The van der Waals surface area contributed by atoms with E-state index >= 15 is 0 Å². The quantitative estimate of drug-likeness (QED) is 0.651. The van der Waals surface area contributed by atoms with Crippen molar-refractivity contribution in [1.29, 1.82) is 0 Å². The van der Waals surface area contributed by atoms with Gasteiger partial charge in [0, 0.05) is 29.9 Å². The van der Waals surface area contributed by atoms with Crippen LogP contribution >= 0.6 is 11.3 Å². The number of nitrogens with one attached hydrogen (secondary N) is 1. The van der Waals surface area contributed by atoms with Crippen molar-refractivity contribution in [3.8, 4) is 23.0 Å². The van der Waals surface area contributed by atoms with E-state index in [-0.39, 0.29) is 5.91 Å². The van der Waals surface area contributed by atoms with E-state index < -0.39 is 0 Å². The molecule has 1 amide bonds. The van der Waals surface area contributed by atoms with Crippen LogP contribution in [0, 0.1) is 0 Å². The fourth-order valence-electron chi connectivity index (χ4n) is 2.97. The van der Waals surface area contributed by atoms with Crippen molar-refractivity contribution in [3.63, 3.8) is 0 Å². The summed E-state index contributed by atoms with van der Waals surface area (Å²) in [5, 5.41) is 9.05. The molecule has 0 radical (unpaired) electrons. The van der Waals surface area contributed by atoms with E-state index in [4.69, 9.17) is 4.52 Å². The van der Waals surface area contributed by atoms with E-state index in [0.717, 1.165) is 24.8 Å². The molecule has 1 aliphatic rings. The lowest BCUT2D eigenvalue weighted by Crippen LogP contribution is -2.24. The second-order valence-corrected chi connectivity index (χ2v) is 7.17. The Labute approximate surface area is 160 Å². The number of carbonyl (C=O) groups is 1. The average molecular weight is 381 g/mol. The molecule has 0 saturated heterocycles. The van der Waals surface area contributed by atoms with Gasteiger partial charge in [0.05, 0.1) is 0 Å². The van der Waals surface area contributed by atoms with Gasteiger partial charge >= 0.3 is 0 Å². The molecule has 8 heteroatoms. The molecule has 27 heavy (non-hydrogen) atoms. The number of thiazole rings is 1. The van der Waals surface area contributed by atoms with Crippen molar-refractivity contribution in [2.75, 3.05) is 6.54 Å². The Kier molecular flexibility index (Phi) is 5.34. The predicted molar refractivity (Wildman–Crippen MR) is 102 cm³/mol. The SMILES string of the molecule is O=C(NCCC1=CCCCC1)c1nc(-c2nc(-c3ccncc3)no2)cs1. The van der Waals surface area contributed by atoms with Crippen molar-refractivity contribution >= 4 is 17.2 Å². The van der Waals surface area contributed by atoms with Gasteiger partial charge in [0.25, 0.3) is 11.8 Å². The second-order valence-electron chi connectivity index (χ2n) is 6.31. The largest absolute Gasteiger partial charge is 0.350 e. The molecule has 0 fully saturated rings. The number of carbonyl (C=O) groups excluding carboxylic acids is 1. The molecule has 7 nitrogen and oxygen atoms in total. The highest BCUT2D eigenvalue weighted by molar-refractivity contribution is 7.12. The molecular weight excluding hydrogens is 362 g/mol. The molecule has 138 valence electrons. The van der Waals surface area contributed by atoms with E-state index in [2.05, 4.69) is 31.5 Å². The van der Waals surface area contributed by atoms with Gasteiger partial charge in [-0.25, -0.2) is 4.98 Å². The molecule has 3 aromatic heterocycles. The highest BCUT2D eigenvalue weighted by Gasteiger charge is 2.17. The molecule has 3 aromatic rings. The molecular formula is C19H19N5O2S. The number of allylic oxidation sites excluding steroid dienone is 1. The van der Waals surface area contributed by atoms with Crippen molar-refractivity contribution < 1.29 is 9.32 Å². The summed E-state index contributed by atoms with van der Waals surface area (Å²) in [4.78, 5) is 25.0. The van der Waals surface area contributed by atoms with Crippen molar-refractivity contribution in [2.24, 2.45) is 0 Å². The molecule has 1 aliphatic carbocycles. The van der Waals surface area contributed by atoms with E-state index in [9.17, 15) is 4.79 Å². The van der Waals surface area contributed by atoms with Crippen LogP contribution in [0.4, 0.5) is 0 Å². The topological polar surface area (TPSA) is 93.8 Å². The third-order valence-electron chi connectivity index (χ3n) is 4.40. The zero-order valence-corrected chi connectivity index (χ0v) is 15.5. The van der Waals surface area contributed by atoms with Crippen LogP contribution in [0.2, 0.25) is 0 Å². The molecule has 0 saturated carbocycles. The lowest BCUT2D eigenvalue weighted by Gasteiger charge is -2.12. The van der Waals surface area contributed by atoms with E-state index in [1.807, 2.05) is 0 Å². The van der Waals surface area contributed by atoms with Gasteiger partial charge < -0.3 is 9.84 Å². The molecule has 3 heterocycles. The number of hydrogen-bond donors (Lipinski definition) is 1. The van der Waals surface area contributed by atoms with Crippen LogP contribution in [0.3, 0.4) is 0 Å². The Bertz CT molecular complexity index is 948. The molecule has 1 N–H and O–H groups in total. The van der Waals surface area contributed by atoms with Gasteiger partial charge in [-0.3, -0.25) is 9.78 Å². The van der Waals surface area contributed by atoms with Crippen LogP contribution in [0.1, 0.15) is 41.9 Å². The van der Waals surface area contributed by atoms with Gasteiger partial charge in [-0.1, -0.05) is 16.8 Å². The molecule has 0 unspecified atom stereocenters. The van der Waals surface area contributed by atoms with Gasteiger partial charge in [-0.15, -0.1) is 11.3 Å². The minimum absolute atomic E-state index is 0.170. The zero-order valence-electron chi connectivity index (χ0n) is 14.7. The summed E-state index contributed by atoms with van der Waals surface area (Å²) in [5.74, 6) is 0.591. The maximum absolute atomic E-state index is 12.3. The lowest BCUT2D eigenvalue weighted by atomic mass is 9.97. The second kappa shape index (κ2) is 8.22. The number of amides is 1. The molecule has 0 aliphatic heterocycles. The van der Waals surface area contributed by atoms with Gasteiger partial charge in [0.2, 0.25) is 5.82 Å². The number of rotatable bonds is 6. The van der Waals surface area contributed by atoms with Gasteiger partial charge in [0.1, 0.15) is 5.69 Å². The van der Waals surface area contributed by atoms with Crippen LogP contribution in [-0.4, -0.2) is 32.6 Å². The maximum Gasteiger partial charge on any atom is 0.280 e. The van der Waals surface area contributed by atoms with Gasteiger partial charge in [-0.05, 0) is 44.2 Å². The Morgan fingerprint density at radius 2 is 2.11 bits per heavy atom. The van der Waals surface area contributed by atoms with Crippen LogP contribution in [-0.2, 0) is 0 Å². The molecule has 0 bridgehead atoms. The minimum atomic E-state index is -0.170. The number of pyridine rings is 1. The Morgan fingerprint density at radius 1 is 1.22 bits per heavy atom. The number of aromatic nitrogens is 4. The molecule has 4 rings (SSSR count). The van der Waals surface area contributed by atoms with E-state index in [1.165, 1.54) is 29.8 Å². The van der Waals surface area contributed by atoms with Gasteiger partial charge in [0.15, 0.2) is 5.01 Å². The fraction of sp³-hybridized carbons (Fsp3) is 0.316. The predicted octanol–water partition coefficient (Wildman–Crippen LogP) is 3.88. The summed E-state index contributed by atoms with van der Waals surface area (Å²) in [6.45, 7) is 0.631. The van der Waals surface area contributed by atoms with Crippen molar-refractivity contribution in [1.82, 2.24) is 25.4 Å². The Balaban J connectivity index is 1.37. The summed E-state index contributed by atoms with van der Waals surface area (Å²) in [7, 11) is 0. The smallest absolute Gasteiger partial charge is 0.280 e. The van der Waals surface area contributed by atoms with Crippen LogP contribution in [0.15, 0.2) is 46.1 Å². The number of nitrogens with zero attached hydrogens (tertiary/aromatic N) is 4. The van der Waals surface area contributed by atoms with Gasteiger partial charge in [-0.2, -0.15) is 4.98 Å². The highest BCUT2D eigenvalue weighted by atomic mass is 32.1. The summed E-state index contributed by atoms with van der Waals surface area (Å²) < 4.78 is 5.28. The maximum atomic E-state index is 12.3. The lowest BCUT2D eigenvalue weighted by molar-refractivity contribution is 0.0953. The zero-order chi connectivity index (χ0) is 18.5. The highest BCUT2D eigenvalue weighted by Crippen LogP contribution is 2.24. The van der Waals surface area contributed by atoms with Crippen molar-refractivity contribution in [2.45, 2.75) is 32.1 Å². The van der Waals surface area contributed by atoms with E-state index in [0.29, 0.717) is 29.0 Å². The Morgan fingerprint density at radius 3 is 2.93 bits per heavy atom. The Hall–Kier alpha value is -2.87. The van der Waals surface area contributed by atoms with E-state index in [1.54, 1.807) is 29.9 Å². The summed E-state index contributed by atoms with van der Waals surface area (Å²) in [5.41, 5.74) is 2.76. The first kappa shape index (κ1) is 17.5. The first-order valence-corrected chi connectivity index (χ1v) is 9.84. The number of hydrogen-bond acceptors (Lipinski definition) is 7. The van der Waals surface area contributed by atoms with Crippen molar-refractivity contribution in [3.05, 3.63) is 46.6 Å². The summed E-state index contributed by atoms with van der Waals surface area (Å²) >= 11 is 1.27. The normalized spacial score (nSPS) is 14.0. The monoisotopic (exact) mass is 381 g/mol. The minimum Gasteiger partial charge on any atom is -0.350 e. The molecule has 0 aromatic carbocycles. The summed E-state index contributed by atoms with van der Waals surface area (Å²) in [6, 6.07) is 3.60. The van der Waals surface area contributed by atoms with Crippen LogP contribution < -0.4 is 5.32 Å². The first-order valence-electron chi connectivity index (χ1n) is 8.96. The third-order valence-corrected chi connectivity index (χ3v) is 5.24. The fourth-order valence-corrected chi connectivity index (χ4v) is 3.67. The molecule has 0 atom stereocenters. The molecule has 0 spiro atoms.